The van der Waals surface area contributed by atoms with Crippen molar-refractivity contribution >= 4 is 34.6 Å². The van der Waals surface area contributed by atoms with Crippen LogP contribution in [0.3, 0.4) is 0 Å². The number of amides is 2. The molecule has 0 saturated heterocycles. The third-order valence-electron chi connectivity index (χ3n) is 6.49. The molecule has 0 heterocycles. The van der Waals surface area contributed by atoms with E-state index in [9.17, 15) is 13.2 Å². The highest BCUT2D eigenvalue weighted by atomic mass is 32.2. The molecule has 2 unspecified atom stereocenters. The van der Waals surface area contributed by atoms with Crippen molar-refractivity contribution in [3.63, 3.8) is 0 Å². The van der Waals surface area contributed by atoms with E-state index in [1.165, 1.54) is 22.7 Å². The normalized spacial score (nSPS) is 19.0. The van der Waals surface area contributed by atoms with E-state index >= 15 is 0 Å². The molecular weight excluding hydrogens is 463 g/mol. The van der Waals surface area contributed by atoms with E-state index in [0.717, 1.165) is 24.8 Å². The highest BCUT2D eigenvalue weighted by Crippen LogP contribution is 2.50. The van der Waals surface area contributed by atoms with Crippen molar-refractivity contribution in [3.8, 4) is 0 Å². The Morgan fingerprint density at radius 1 is 0.882 bits per heavy atom. The molecule has 178 valence electrons. The van der Waals surface area contributed by atoms with Gasteiger partial charge < -0.3 is 5.32 Å². The fraction of sp³-hybridized carbons (Fsp3) is 0.296. The third kappa shape index (κ3) is 5.68. The van der Waals surface area contributed by atoms with E-state index in [4.69, 9.17) is 0 Å². The topological polar surface area (TPSA) is 75.3 Å². The summed E-state index contributed by atoms with van der Waals surface area (Å²) in [5.74, 6) is 0.263. The van der Waals surface area contributed by atoms with Gasteiger partial charge >= 0.3 is 6.03 Å². The predicted octanol–water partition coefficient (Wildman–Crippen LogP) is 4.67. The number of nitrogens with one attached hydrogen (secondary N) is 2. The Balaban J connectivity index is 1.50. The van der Waals surface area contributed by atoms with Crippen molar-refractivity contribution in [1.29, 1.82) is 0 Å². The molecule has 0 aromatic heterocycles. The SMILES string of the molecule is Cc1ccc(S(=O)(=O)NC(=O)N[C@H](C)C2CCCC2P(c2ccccc2)c2ccccc2)cc1. The van der Waals surface area contributed by atoms with Gasteiger partial charge in [0.15, 0.2) is 0 Å². The monoisotopic (exact) mass is 494 g/mol. The number of hydrogen-bond acceptors (Lipinski definition) is 3. The smallest absolute Gasteiger partial charge is 0.328 e. The molecule has 1 fully saturated rings. The largest absolute Gasteiger partial charge is 0.335 e. The number of aryl methyl sites for hydroxylation is 1. The lowest BCUT2D eigenvalue weighted by Gasteiger charge is -2.33. The van der Waals surface area contributed by atoms with Crippen molar-refractivity contribution in [2.24, 2.45) is 5.92 Å². The van der Waals surface area contributed by atoms with Gasteiger partial charge in [-0.25, -0.2) is 17.9 Å². The summed E-state index contributed by atoms with van der Waals surface area (Å²) in [7, 11) is -4.52. The molecule has 3 aromatic rings. The number of rotatable bonds is 7. The molecule has 7 heteroatoms. The number of carbonyl (C=O) groups excluding carboxylic acids is 1. The van der Waals surface area contributed by atoms with Gasteiger partial charge in [0.25, 0.3) is 10.0 Å². The van der Waals surface area contributed by atoms with Gasteiger partial charge in [-0.2, -0.15) is 0 Å². The van der Waals surface area contributed by atoms with E-state index in [0.29, 0.717) is 5.66 Å². The first-order valence-corrected chi connectivity index (χ1v) is 14.5. The maximum absolute atomic E-state index is 12.7. The molecule has 2 amide bonds. The number of sulfonamides is 1. The molecule has 34 heavy (non-hydrogen) atoms. The maximum Gasteiger partial charge on any atom is 0.328 e. The highest BCUT2D eigenvalue weighted by molar-refractivity contribution is 7.90. The Morgan fingerprint density at radius 2 is 1.44 bits per heavy atom. The number of urea groups is 1. The van der Waals surface area contributed by atoms with Gasteiger partial charge in [-0.05, 0) is 68.9 Å². The summed E-state index contributed by atoms with van der Waals surface area (Å²) in [6.07, 6.45) is 3.20. The zero-order valence-corrected chi connectivity index (χ0v) is 21.2. The molecule has 5 nitrogen and oxygen atoms in total. The van der Waals surface area contributed by atoms with Crippen LogP contribution in [0.2, 0.25) is 0 Å². The summed E-state index contributed by atoms with van der Waals surface area (Å²) in [6, 6.07) is 26.8. The van der Waals surface area contributed by atoms with Crippen molar-refractivity contribution in [2.75, 3.05) is 0 Å². The Kier molecular flexibility index (Phi) is 7.70. The van der Waals surface area contributed by atoms with Crippen molar-refractivity contribution in [1.82, 2.24) is 10.0 Å². The lowest BCUT2D eigenvalue weighted by Crippen LogP contribution is -2.47. The van der Waals surface area contributed by atoms with E-state index in [2.05, 4.69) is 58.6 Å². The average molecular weight is 495 g/mol. The number of carbonyl (C=O) groups is 1. The lowest BCUT2D eigenvalue weighted by atomic mass is 9.99. The van der Waals surface area contributed by atoms with E-state index in [1.807, 2.05) is 26.0 Å². The van der Waals surface area contributed by atoms with Crippen LogP contribution in [0.4, 0.5) is 4.79 Å². The van der Waals surface area contributed by atoms with Gasteiger partial charge in [-0.15, -0.1) is 0 Å². The van der Waals surface area contributed by atoms with Gasteiger partial charge in [0.05, 0.1) is 4.90 Å². The number of benzene rings is 3. The first-order valence-electron chi connectivity index (χ1n) is 11.6. The van der Waals surface area contributed by atoms with Crippen LogP contribution < -0.4 is 20.6 Å². The molecule has 1 saturated carbocycles. The molecule has 3 atom stereocenters. The first kappa shape index (κ1) is 24.4. The van der Waals surface area contributed by atoms with E-state index < -0.39 is 24.0 Å². The minimum atomic E-state index is -3.92. The Hall–Kier alpha value is -2.69. The Bertz CT molecular complexity index is 1160. The predicted molar refractivity (Wildman–Crippen MR) is 140 cm³/mol. The minimum absolute atomic E-state index is 0.0799. The summed E-state index contributed by atoms with van der Waals surface area (Å²) in [4.78, 5) is 12.8. The molecule has 1 aliphatic carbocycles. The summed E-state index contributed by atoms with van der Waals surface area (Å²) < 4.78 is 27.4. The fourth-order valence-electron chi connectivity index (χ4n) is 4.82. The van der Waals surface area contributed by atoms with Crippen LogP contribution >= 0.6 is 7.92 Å². The van der Waals surface area contributed by atoms with Crippen LogP contribution in [-0.4, -0.2) is 26.1 Å². The summed E-state index contributed by atoms with van der Waals surface area (Å²) in [6.45, 7) is 3.88. The van der Waals surface area contributed by atoms with Gasteiger partial charge in [0, 0.05) is 6.04 Å². The molecule has 0 aliphatic heterocycles. The third-order valence-corrected chi connectivity index (χ3v) is 10.9. The zero-order valence-electron chi connectivity index (χ0n) is 19.5. The average Bonchev–Trinajstić information content (AvgIpc) is 3.30. The van der Waals surface area contributed by atoms with Crippen LogP contribution in [0.1, 0.15) is 31.7 Å². The highest BCUT2D eigenvalue weighted by Gasteiger charge is 2.38. The van der Waals surface area contributed by atoms with Crippen LogP contribution in [0.5, 0.6) is 0 Å². The molecule has 4 rings (SSSR count). The Morgan fingerprint density at radius 3 is 2.00 bits per heavy atom. The summed E-state index contributed by atoms with van der Waals surface area (Å²) in [5, 5.41) is 5.59. The van der Waals surface area contributed by atoms with Crippen molar-refractivity contribution in [2.45, 2.75) is 49.7 Å². The lowest BCUT2D eigenvalue weighted by molar-refractivity contribution is 0.238. The van der Waals surface area contributed by atoms with Crippen LogP contribution in [0, 0.1) is 12.8 Å². The second-order valence-corrected chi connectivity index (χ2v) is 13.0. The summed E-state index contributed by atoms with van der Waals surface area (Å²) in [5.41, 5.74) is 1.36. The van der Waals surface area contributed by atoms with Gasteiger partial charge in [-0.1, -0.05) is 84.8 Å². The molecule has 0 radical (unpaired) electrons. The quantitative estimate of drug-likeness (QED) is 0.469. The molecule has 0 bridgehead atoms. The van der Waals surface area contributed by atoms with E-state index in [-0.39, 0.29) is 16.9 Å². The standard InChI is InChI=1S/C27H31N2O3PS/c1-20-16-18-24(19-17-20)34(31,32)29-27(30)28-21(2)25-14-9-15-26(25)33(22-10-5-3-6-11-22)23-12-7-4-8-13-23/h3-8,10-13,16-19,21,25-26H,9,14-15H2,1-2H3,(H2,28,29,30)/t21-,25?,26?/m1/s1. The van der Waals surface area contributed by atoms with Gasteiger partial charge in [0.2, 0.25) is 0 Å². The molecule has 2 N–H and O–H groups in total. The second-order valence-electron chi connectivity index (χ2n) is 8.88. The first-order chi connectivity index (χ1) is 16.3. The van der Waals surface area contributed by atoms with Crippen LogP contribution in [0.25, 0.3) is 0 Å². The second kappa shape index (κ2) is 10.7. The molecule has 3 aromatic carbocycles. The maximum atomic E-state index is 12.7. The zero-order chi connectivity index (χ0) is 24.1. The summed E-state index contributed by atoms with van der Waals surface area (Å²) >= 11 is 0. The van der Waals surface area contributed by atoms with Gasteiger partial charge in [0.1, 0.15) is 0 Å². The minimum Gasteiger partial charge on any atom is -0.335 e. The molecule has 1 aliphatic rings. The van der Waals surface area contributed by atoms with Gasteiger partial charge in [-0.3, -0.25) is 0 Å². The molecule has 0 spiro atoms. The fourth-order valence-corrected chi connectivity index (χ4v) is 9.02. The van der Waals surface area contributed by atoms with Crippen LogP contribution in [-0.2, 0) is 10.0 Å². The Labute approximate surface area is 203 Å². The number of hydrogen-bond donors (Lipinski definition) is 2. The van der Waals surface area contributed by atoms with E-state index in [1.54, 1.807) is 12.1 Å². The van der Waals surface area contributed by atoms with Crippen molar-refractivity contribution in [3.05, 3.63) is 90.5 Å². The van der Waals surface area contributed by atoms with Crippen LogP contribution in [0.15, 0.2) is 89.8 Å². The molecular formula is C27H31N2O3PS. The van der Waals surface area contributed by atoms with Crippen molar-refractivity contribution < 1.29 is 13.2 Å².